The van der Waals surface area contributed by atoms with E-state index in [4.69, 9.17) is 4.74 Å². The molecular formula is C23H24N4O5S. The molecule has 9 nitrogen and oxygen atoms in total. The molecule has 10 heteroatoms. The lowest BCUT2D eigenvalue weighted by molar-refractivity contribution is -0.121. The van der Waals surface area contributed by atoms with Crippen LogP contribution >= 0.6 is 0 Å². The maximum atomic E-state index is 12.6. The molecule has 2 N–H and O–H groups in total. The number of carbonyl (C=O) groups excluding carboxylic acids is 2. The minimum Gasteiger partial charge on any atom is -0.489 e. The van der Waals surface area contributed by atoms with E-state index in [1.165, 1.54) is 19.2 Å². The number of hydrazine groups is 1. The van der Waals surface area contributed by atoms with Gasteiger partial charge in [0, 0.05) is 30.6 Å². The van der Waals surface area contributed by atoms with Gasteiger partial charge in [-0.1, -0.05) is 23.8 Å². The number of nitrogens with zero attached hydrogens (tertiary/aromatic N) is 2. The average molecular weight is 469 g/mol. The van der Waals surface area contributed by atoms with E-state index < -0.39 is 28.4 Å². The summed E-state index contributed by atoms with van der Waals surface area (Å²) < 4.78 is 31.7. The van der Waals surface area contributed by atoms with Gasteiger partial charge in [-0.25, -0.2) is 8.42 Å². The van der Waals surface area contributed by atoms with Crippen molar-refractivity contribution >= 4 is 21.8 Å². The fourth-order valence-electron chi connectivity index (χ4n) is 2.77. The van der Waals surface area contributed by atoms with Gasteiger partial charge in [0.1, 0.15) is 12.4 Å². The predicted molar refractivity (Wildman–Crippen MR) is 122 cm³/mol. The Kier molecular flexibility index (Phi) is 7.75. The van der Waals surface area contributed by atoms with Crippen molar-refractivity contribution in [2.75, 3.05) is 13.6 Å². The van der Waals surface area contributed by atoms with Crippen molar-refractivity contribution in [2.24, 2.45) is 0 Å². The first-order chi connectivity index (χ1) is 15.8. The highest BCUT2D eigenvalue weighted by Gasteiger charge is 2.23. The van der Waals surface area contributed by atoms with Crippen LogP contribution in [0.25, 0.3) is 0 Å². The standard InChI is InChI=1S/C23H24N4O5S/c1-17-5-11-21(12-6-17)33(30,31)27(2)15-22(28)25-26-23(29)19-7-9-20(10-8-19)32-16-18-4-3-13-24-14-18/h3-14H,15-16H2,1-2H3,(H,25,28)(H,26,29). The van der Waals surface area contributed by atoms with Crippen LogP contribution in [0, 0.1) is 6.92 Å². The second-order valence-corrected chi connectivity index (χ2v) is 9.30. The molecule has 1 heterocycles. The highest BCUT2D eigenvalue weighted by Crippen LogP contribution is 2.15. The van der Waals surface area contributed by atoms with E-state index in [1.54, 1.807) is 48.8 Å². The summed E-state index contributed by atoms with van der Waals surface area (Å²) in [4.78, 5) is 28.5. The van der Waals surface area contributed by atoms with Gasteiger partial charge in [-0.2, -0.15) is 4.31 Å². The van der Waals surface area contributed by atoms with Gasteiger partial charge in [0.05, 0.1) is 11.4 Å². The molecule has 0 aliphatic carbocycles. The first-order valence-corrected chi connectivity index (χ1v) is 11.4. The van der Waals surface area contributed by atoms with Gasteiger partial charge in [-0.05, 0) is 49.4 Å². The maximum absolute atomic E-state index is 12.6. The molecule has 172 valence electrons. The van der Waals surface area contributed by atoms with Crippen molar-refractivity contribution in [3.63, 3.8) is 0 Å². The SMILES string of the molecule is Cc1ccc(S(=O)(=O)N(C)CC(=O)NNC(=O)c2ccc(OCc3cccnc3)cc2)cc1. The summed E-state index contributed by atoms with van der Waals surface area (Å²) >= 11 is 0. The zero-order valence-corrected chi connectivity index (χ0v) is 19.0. The van der Waals surface area contributed by atoms with Crippen molar-refractivity contribution in [3.8, 4) is 5.75 Å². The van der Waals surface area contributed by atoms with Crippen LogP contribution in [0.15, 0.2) is 78.0 Å². The van der Waals surface area contributed by atoms with Crippen LogP contribution in [0.1, 0.15) is 21.5 Å². The van der Waals surface area contributed by atoms with Crippen molar-refractivity contribution < 1.29 is 22.7 Å². The largest absolute Gasteiger partial charge is 0.489 e. The molecule has 0 aliphatic heterocycles. The number of rotatable bonds is 8. The third-order valence-corrected chi connectivity index (χ3v) is 6.47. The molecule has 2 amide bonds. The number of likely N-dealkylation sites (N-methyl/N-ethyl adjacent to an activating group) is 1. The smallest absolute Gasteiger partial charge is 0.269 e. The van der Waals surface area contributed by atoms with E-state index in [2.05, 4.69) is 15.8 Å². The minimum absolute atomic E-state index is 0.0817. The first-order valence-electron chi connectivity index (χ1n) is 9.99. The fraction of sp³-hybridized carbons (Fsp3) is 0.174. The Hall–Kier alpha value is -3.76. The summed E-state index contributed by atoms with van der Waals surface area (Å²) in [7, 11) is -2.54. The minimum atomic E-state index is -3.83. The monoisotopic (exact) mass is 468 g/mol. The molecule has 2 aromatic carbocycles. The summed E-state index contributed by atoms with van der Waals surface area (Å²) in [6, 6.07) is 16.4. The van der Waals surface area contributed by atoms with Crippen LogP contribution in [0.4, 0.5) is 0 Å². The lowest BCUT2D eigenvalue weighted by Gasteiger charge is -2.17. The Morgan fingerprint density at radius 1 is 1.00 bits per heavy atom. The summed E-state index contributed by atoms with van der Waals surface area (Å²) in [5.41, 5.74) is 6.62. The van der Waals surface area contributed by atoms with Crippen LogP contribution in [0.2, 0.25) is 0 Å². The van der Waals surface area contributed by atoms with Crippen LogP contribution in [0.5, 0.6) is 5.75 Å². The van der Waals surface area contributed by atoms with E-state index in [-0.39, 0.29) is 4.90 Å². The lowest BCUT2D eigenvalue weighted by Crippen LogP contribution is -2.46. The average Bonchev–Trinajstić information content (AvgIpc) is 2.82. The molecule has 3 aromatic rings. The summed E-state index contributed by atoms with van der Waals surface area (Å²) in [5, 5.41) is 0. The molecule has 0 saturated carbocycles. The molecule has 0 fully saturated rings. The number of amides is 2. The van der Waals surface area contributed by atoms with Gasteiger partial charge in [-0.3, -0.25) is 25.4 Å². The number of benzene rings is 2. The molecule has 0 radical (unpaired) electrons. The third kappa shape index (κ3) is 6.61. The number of aromatic nitrogens is 1. The fourth-order valence-corrected chi connectivity index (χ4v) is 3.90. The summed E-state index contributed by atoms with van der Waals surface area (Å²) in [6.45, 7) is 1.73. The molecule has 0 saturated heterocycles. The Morgan fingerprint density at radius 3 is 2.33 bits per heavy atom. The molecule has 0 spiro atoms. The zero-order chi connectivity index (χ0) is 23.8. The molecule has 33 heavy (non-hydrogen) atoms. The lowest BCUT2D eigenvalue weighted by atomic mass is 10.2. The van der Waals surface area contributed by atoms with Crippen LogP contribution < -0.4 is 15.6 Å². The topological polar surface area (TPSA) is 118 Å². The number of carbonyl (C=O) groups is 2. The predicted octanol–water partition coefficient (Wildman–Crippen LogP) is 2.05. The van der Waals surface area contributed by atoms with Gasteiger partial charge < -0.3 is 4.74 Å². The Morgan fingerprint density at radius 2 is 1.70 bits per heavy atom. The maximum Gasteiger partial charge on any atom is 0.269 e. The number of hydrogen-bond acceptors (Lipinski definition) is 6. The number of pyridine rings is 1. The number of nitrogens with one attached hydrogen (secondary N) is 2. The number of aryl methyl sites for hydroxylation is 1. The highest BCUT2D eigenvalue weighted by molar-refractivity contribution is 7.89. The van der Waals surface area contributed by atoms with Crippen molar-refractivity contribution in [3.05, 3.63) is 89.7 Å². The van der Waals surface area contributed by atoms with Gasteiger partial charge in [-0.15, -0.1) is 0 Å². The van der Waals surface area contributed by atoms with Crippen LogP contribution in [-0.4, -0.2) is 43.1 Å². The van der Waals surface area contributed by atoms with E-state index in [0.717, 1.165) is 15.4 Å². The van der Waals surface area contributed by atoms with E-state index in [9.17, 15) is 18.0 Å². The molecule has 3 rings (SSSR count). The number of hydrogen-bond donors (Lipinski definition) is 2. The molecule has 0 unspecified atom stereocenters. The normalized spacial score (nSPS) is 11.1. The summed E-state index contributed by atoms with van der Waals surface area (Å²) in [6.07, 6.45) is 3.38. The van der Waals surface area contributed by atoms with E-state index in [1.807, 2.05) is 19.1 Å². The van der Waals surface area contributed by atoms with Crippen molar-refractivity contribution in [2.45, 2.75) is 18.4 Å². The Bertz CT molecular complexity index is 1200. The van der Waals surface area contributed by atoms with Crippen molar-refractivity contribution in [1.82, 2.24) is 20.1 Å². The van der Waals surface area contributed by atoms with E-state index in [0.29, 0.717) is 17.9 Å². The first kappa shape index (κ1) is 23.9. The summed E-state index contributed by atoms with van der Waals surface area (Å²) in [5.74, 6) is -0.661. The number of ether oxygens (including phenoxy) is 1. The van der Waals surface area contributed by atoms with Gasteiger partial charge in [0.15, 0.2) is 0 Å². The molecule has 0 bridgehead atoms. The Balaban J connectivity index is 1.48. The quantitative estimate of drug-likeness (QED) is 0.489. The zero-order valence-electron chi connectivity index (χ0n) is 18.2. The second kappa shape index (κ2) is 10.7. The third-order valence-electron chi connectivity index (χ3n) is 4.66. The molecule has 0 atom stereocenters. The molecular weight excluding hydrogens is 444 g/mol. The van der Waals surface area contributed by atoms with E-state index >= 15 is 0 Å². The van der Waals surface area contributed by atoms with Gasteiger partial charge in [0.25, 0.3) is 11.8 Å². The number of sulfonamides is 1. The van der Waals surface area contributed by atoms with Crippen LogP contribution in [0.3, 0.4) is 0 Å². The molecule has 0 aliphatic rings. The Labute approximate surface area is 192 Å². The van der Waals surface area contributed by atoms with Crippen molar-refractivity contribution in [1.29, 1.82) is 0 Å². The second-order valence-electron chi connectivity index (χ2n) is 7.25. The highest BCUT2D eigenvalue weighted by atomic mass is 32.2. The van der Waals surface area contributed by atoms with Gasteiger partial charge in [0.2, 0.25) is 10.0 Å². The molecule has 1 aromatic heterocycles. The van der Waals surface area contributed by atoms with Gasteiger partial charge >= 0.3 is 0 Å². The van der Waals surface area contributed by atoms with Crippen LogP contribution in [-0.2, 0) is 21.4 Å².